The smallest absolute Gasteiger partial charge is 0.256 e. The molecule has 0 spiro atoms. The van der Waals surface area contributed by atoms with Crippen LogP contribution in [0.5, 0.6) is 0 Å². The van der Waals surface area contributed by atoms with Crippen molar-refractivity contribution < 1.29 is 4.79 Å². The van der Waals surface area contributed by atoms with Gasteiger partial charge in [-0.25, -0.2) is 0 Å². The second kappa shape index (κ2) is 5.41. The van der Waals surface area contributed by atoms with Gasteiger partial charge < -0.3 is 5.32 Å². The first-order chi connectivity index (χ1) is 9.65. The molecular weight excluding hydrogens is 266 g/mol. The Hall–Kier alpha value is -1.61. The molecule has 3 heteroatoms. The molecule has 1 heterocycles. The van der Waals surface area contributed by atoms with Gasteiger partial charge in [-0.3, -0.25) is 4.79 Å². The lowest BCUT2D eigenvalue weighted by Crippen LogP contribution is -2.16. The fraction of sp³-hybridized carbons (Fsp3) is 0.353. The van der Waals surface area contributed by atoms with Crippen LogP contribution in [-0.4, -0.2) is 5.91 Å². The largest absolute Gasteiger partial charge is 0.322 e. The van der Waals surface area contributed by atoms with Crippen molar-refractivity contribution in [3.8, 4) is 0 Å². The van der Waals surface area contributed by atoms with Gasteiger partial charge in [-0.2, -0.15) is 0 Å². The molecule has 3 rings (SSSR count). The highest BCUT2D eigenvalue weighted by molar-refractivity contribution is 7.10. The minimum atomic E-state index is 0.0337. The summed E-state index contributed by atoms with van der Waals surface area (Å²) in [5, 5.41) is 5.07. The Kier molecular flexibility index (Phi) is 3.62. The number of hydrogen-bond acceptors (Lipinski definition) is 2. The van der Waals surface area contributed by atoms with Gasteiger partial charge in [-0.1, -0.05) is 25.1 Å². The lowest BCUT2D eigenvalue weighted by Gasteiger charge is -2.19. The van der Waals surface area contributed by atoms with Crippen LogP contribution in [0.4, 0.5) is 5.69 Å². The summed E-state index contributed by atoms with van der Waals surface area (Å²) in [6.45, 7) is 4.30. The highest BCUT2D eigenvalue weighted by Crippen LogP contribution is 2.33. The summed E-state index contributed by atoms with van der Waals surface area (Å²) in [6, 6.07) is 7.90. The van der Waals surface area contributed by atoms with Crippen LogP contribution in [-0.2, 0) is 12.8 Å². The summed E-state index contributed by atoms with van der Waals surface area (Å²) in [5.74, 6) is 0.778. The summed E-state index contributed by atoms with van der Waals surface area (Å²) >= 11 is 1.74. The van der Waals surface area contributed by atoms with Crippen LogP contribution in [0.1, 0.15) is 39.7 Å². The van der Waals surface area contributed by atoms with Crippen molar-refractivity contribution in [3.63, 3.8) is 0 Å². The molecule has 1 aromatic carbocycles. The molecule has 0 bridgehead atoms. The van der Waals surface area contributed by atoms with E-state index >= 15 is 0 Å². The average Bonchev–Trinajstić information content (AvgIpc) is 2.84. The van der Waals surface area contributed by atoms with E-state index in [0.29, 0.717) is 0 Å². The second-order valence-electron chi connectivity index (χ2n) is 5.67. The third-order valence-electron chi connectivity index (χ3n) is 4.04. The van der Waals surface area contributed by atoms with Gasteiger partial charge in [-0.15, -0.1) is 11.3 Å². The predicted molar refractivity (Wildman–Crippen MR) is 84.6 cm³/mol. The zero-order chi connectivity index (χ0) is 14.1. The van der Waals surface area contributed by atoms with Crippen LogP contribution < -0.4 is 5.32 Å². The predicted octanol–water partition coefficient (Wildman–Crippen LogP) is 4.43. The van der Waals surface area contributed by atoms with Crippen molar-refractivity contribution >= 4 is 22.9 Å². The molecule has 1 unspecified atom stereocenters. The first kappa shape index (κ1) is 13.4. The maximum absolute atomic E-state index is 12.5. The molecule has 2 aromatic rings. The van der Waals surface area contributed by atoms with Crippen molar-refractivity contribution in [2.24, 2.45) is 5.92 Å². The normalized spacial score (nSPS) is 17.6. The molecule has 20 heavy (non-hydrogen) atoms. The Morgan fingerprint density at radius 3 is 2.95 bits per heavy atom. The third kappa shape index (κ3) is 2.50. The fourth-order valence-electron chi connectivity index (χ4n) is 2.77. The number of fused-ring (bicyclic) bond motifs is 1. The number of anilines is 1. The van der Waals surface area contributed by atoms with Crippen molar-refractivity contribution in [3.05, 3.63) is 51.2 Å². The molecule has 104 valence electrons. The monoisotopic (exact) mass is 285 g/mol. The fourth-order valence-corrected chi connectivity index (χ4v) is 4.01. The van der Waals surface area contributed by atoms with E-state index in [1.165, 1.54) is 16.9 Å². The number of para-hydroxylation sites is 1. The van der Waals surface area contributed by atoms with Gasteiger partial charge in [0.25, 0.3) is 5.91 Å². The van der Waals surface area contributed by atoms with Crippen LogP contribution in [0.3, 0.4) is 0 Å². The van der Waals surface area contributed by atoms with E-state index in [1.807, 2.05) is 36.6 Å². The number of carbonyl (C=O) groups excluding carboxylic acids is 1. The first-order valence-corrected chi connectivity index (χ1v) is 7.99. The highest BCUT2D eigenvalue weighted by Gasteiger charge is 2.23. The zero-order valence-electron chi connectivity index (χ0n) is 11.9. The van der Waals surface area contributed by atoms with E-state index in [2.05, 4.69) is 12.2 Å². The van der Waals surface area contributed by atoms with Crippen LogP contribution in [0.25, 0.3) is 0 Å². The summed E-state index contributed by atoms with van der Waals surface area (Å²) in [4.78, 5) is 13.9. The Labute approximate surface area is 123 Å². The van der Waals surface area contributed by atoms with Gasteiger partial charge in [-0.05, 0) is 49.3 Å². The topological polar surface area (TPSA) is 29.1 Å². The van der Waals surface area contributed by atoms with Crippen LogP contribution >= 0.6 is 11.3 Å². The SMILES string of the molecule is Cc1ccccc1NC(=O)c1csc2c1CCC(C)C2. The number of carbonyl (C=O) groups is 1. The Morgan fingerprint density at radius 2 is 2.15 bits per heavy atom. The maximum Gasteiger partial charge on any atom is 0.256 e. The molecule has 0 saturated heterocycles. The van der Waals surface area contributed by atoms with E-state index < -0.39 is 0 Å². The number of thiophene rings is 1. The van der Waals surface area contributed by atoms with Crippen molar-refractivity contribution in [2.75, 3.05) is 5.32 Å². The molecule has 0 radical (unpaired) electrons. The van der Waals surface area contributed by atoms with E-state index in [9.17, 15) is 4.79 Å². The minimum absolute atomic E-state index is 0.0337. The molecule has 0 fully saturated rings. The number of aryl methyl sites for hydroxylation is 1. The van der Waals surface area contributed by atoms with Gasteiger partial charge in [0, 0.05) is 15.9 Å². The maximum atomic E-state index is 12.5. The van der Waals surface area contributed by atoms with Crippen molar-refractivity contribution in [1.82, 2.24) is 0 Å². The number of benzene rings is 1. The van der Waals surface area contributed by atoms with Crippen LogP contribution in [0.15, 0.2) is 29.6 Å². The van der Waals surface area contributed by atoms with Gasteiger partial charge in [0.1, 0.15) is 0 Å². The summed E-state index contributed by atoms with van der Waals surface area (Å²) in [7, 11) is 0. The molecule has 0 aliphatic heterocycles. The van der Waals surface area contributed by atoms with Gasteiger partial charge in [0.2, 0.25) is 0 Å². The van der Waals surface area contributed by atoms with Gasteiger partial charge in [0.15, 0.2) is 0 Å². The Balaban J connectivity index is 1.84. The lowest BCUT2D eigenvalue weighted by molar-refractivity contribution is 0.102. The molecule has 0 saturated carbocycles. The molecular formula is C17H19NOS. The molecule has 1 aliphatic rings. The number of amides is 1. The summed E-state index contributed by atoms with van der Waals surface area (Å²) in [5.41, 5.74) is 4.15. The van der Waals surface area contributed by atoms with E-state index in [1.54, 1.807) is 11.3 Å². The molecule has 1 atom stereocenters. The van der Waals surface area contributed by atoms with Crippen molar-refractivity contribution in [2.45, 2.75) is 33.1 Å². The van der Waals surface area contributed by atoms with Crippen LogP contribution in [0.2, 0.25) is 0 Å². The number of nitrogens with one attached hydrogen (secondary N) is 1. The second-order valence-corrected chi connectivity index (χ2v) is 6.63. The van der Waals surface area contributed by atoms with Gasteiger partial charge >= 0.3 is 0 Å². The molecule has 1 amide bonds. The molecule has 1 N–H and O–H groups in total. The van der Waals surface area contributed by atoms with Gasteiger partial charge in [0.05, 0.1) is 5.56 Å². The Bertz CT molecular complexity index is 644. The summed E-state index contributed by atoms with van der Waals surface area (Å²) < 4.78 is 0. The Morgan fingerprint density at radius 1 is 1.35 bits per heavy atom. The number of hydrogen-bond donors (Lipinski definition) is 1. The highest BCUT2D eigenvalue weighted by atomic mass is 32.1. The third-order valence-corrected chi connectivity index (χ3v) is 5.09. The molecule has 2 nitrogen and oxygen atoms in total. The average molecular weight is 285 g/mol. The summed E-state index contributed by atoms with van der Waals surface area (Å²) in [6.07, 6.45) is 3.35. The molecule has 1 aromatic heterocycles. The van der Waals surface area contributed by atoms with E-state index in [4.69, 9.17) is 0 Å². The zero-order valence-corrected chi connectivity index (χ0v) is 12.7. The van der Waals surface area contributed by atoms with E-state index in [0.717, 1.165) is 35.6 Å². The lowest BCUT2D eigenvalue weighted by atomic mass is 9.88. The number of rotatable bonds is 2. The first-order valence-electron chi connectivity index (χ1n) is 7.11. The van der Waals surface area contributed by atoms with E-state index in [-0.39, 0.29) is 5.91 Å². The standard InChI is InChI=1S/C17H19NOS/c1-11-7-8-13-14(10-20-16(13)9-11)17(19)18-15-6-4-3-5-12(15)2/h3-6,10-11H,7-9H2,1-2H3,(H,18,19). The van der Waals surface area contributed by atoms with Crippen molar-refractivity contribution in [1.29, 1.82) is 0 Å². The minimum Gasteiger partial charge on any atom is -0.322 e. The molecule has 1 aliphatic carbocycles. The quantitative estimate of drug-likeness (QED) is 0.868. The van der Waals surface area contributed by atoms with Crippen LogP contribution in [0, 0.1) is 12.8 Å².